The predicted molar refractivity (Wildman–Crippen MR) is 137 cm³/mol. The normalized spacial score (nSPS) is 15.2. The van der Waals surface area contributed by atoms with Crippen LogP contribution in [0.25, 0.3) is 0 Å². The molecule has 0 radical (unpaired) electrons. The third-order valence-corrected chi connectivity index (χ3v) is 5.11. The number of halogens is 1. The second-order valence-corrected chi connectivity index (χ2v) is 8.56. The molecule has 8 nitrogen and oxygen atoms in total. The molecule has 0 unspecified atom stereocenters. The molecule has 0 bridgehead atoms. The highest BCUT2D eigenvalue weighted by Gasteiger charge is 2.19. The molecule has 2 N–H and O–H groups in total. The number of rotatable bonds is 8. The number of morpholine rings is 1. The standard InChI is InChI=1S/C23H35N5O3.HI/c1-23(2,3)20-16-25-21(31-20)17-27-22(24-4)26-15-18-7-5-6-8-19(18)30-14-11-28-9-12-29-13-10-28;/h5-8,16H,9-15,17H2,1-4H3,(H2,24,26,27);1H. The minimum absolute atomic E-state index is 0. The molecular formula is C23H36IN5O3. The number of hydrogen-bond acceptors (Lipinski definition) is 6. The zero-order chi connectivity index (χ0) is 22.1. The van der Waals surface area contributed by atoms with Crippen molar-refractivity contribution in [3.8, 4) is 5.75 Å². The fourth-order valence-electron chi connectivity index (χ4n) is 3.20. The number of guanidine groups is 1. The van der Waals surface area contributed by atoms with Crippen LogP contribution in [0.4, 0.5) is 0 Å². The topological polar surface area (TPSA) is 84.2 Å². The van der Waals surface area contributed by atoms with E-state index in [0.717, 1.165) is 49.9 Å². The summed E-state index contributed by atoms with van der Waals surface area (Å²) in [5, 5.41) is 6.59. The molecule has 1 fully saturated rings. The Hall–Kier alpha value is -1.85. The summed E-state index contributed by atoms with van der Waals surface area (Å²) < 4.78 is 17.3. The number of aliphatic imine (C=N–C) groups is 1. The number of oxazole rings is 1. The van der Waals surface area contributed by atoms with Gasteiger partial charge in [0.25, 0.3) is 0 Å². The maximum Gasteiger partial charge on any atom is 0.213 e. The number of aromatic nitrogens is 1. The predicted octanol–water partition coefficient (Wildman–Crippen LogP) is 3.17. The summed E-state index contributed by atoms with van der Waals surface area (Å²) in [7, 11) is 1.75. The molecule has 0 saturated carbocycles. The number of benzene rings is 1. The summed E-state index contributed by atoms with van der Waals surface area (Å²) in [5.41, 5.74) is 1.02. The Kier molecular flexibility index (Phi) is 10.7. The van der Waals surface area contributed by atoms with E-state index in [2.05, 4.69) is 52.3 Å². The van der Waals surface area contributed by atoms with Crippen LogP contribution in [0.1, 0.15) is 38.0 Å². The van der Waals surface area contributed by atoms with Crippen molar-refractivity contribution in [1.82, 2.24) is 20.5 Å². The number of ether oxygens (including phenoxy) is 2. The Morgan fingerprint density at radius 2 is 1.88 bits per heavy atom. The zero-order valence-corrected chi connectivity index (χ0v) is 21.8. The Morgan fingerprint density at radius 3 is 2.56 bits per heavy atom. The Bertz CT molecular complexity index is 844. The van der Waals surface area contributed by atoms with E-state index in [4.69, 9.17) is 13.9 Å². The molecule has 2 heterocycles. The van der Waals surface area contributed by atoms with Crippen molar-refractivity contribution in [2.45, 2.75) is 39.3 Å². The number of nitrogens with zero attached hydrogens (tertiary/aromatic N) is 3. The fraction of sp³-hybridized carbons (Fsp3) is 0.565. The molecule has 32 heavy (non-hydrogen) atoms. The zero-order valence-electron chi connectivity index (χ0n) is 19.5. The van der Waals surface area contributed by atoms with Gasteiger partial charge in [-0.1, -0.05) is 39.0 Å². The minimum atomic E-state index is -0.0589. The van der Waals surface area contributed by atoms with Crippen LogP contribution < -0.4 is 15.4 Å². The van der Waals surface area contributed by atoms with E-state index in [1.807, 2.05) is 18.2 Å². The van der Waals surface area contributed by atoms with Gasteiger partial charge in [0.1, 0.15) is 18.1 Å². The van der Waals surface area contributed by atoms with E-state index < -0.39 is 0 Å². The van der Waals surface area contributed by atoms with Crippen molar-refractivity contribution in [3.63, 3.8) is 0 Å². The first-order valence-corrected chi connectivity index (χ1v) is 10.9. The van der Waals surface area contributed by atoms with Gasteiger partial charge in [0.2, 0.25) is 5.89 Å². The van der Waals surface area contributed by atoms with Crippen LogP contribution in [0.2, 0.25) is 0 Å². The maximum absolute atomic E-state index is 6.06. The number of para-hydroxylation sites is 1. The fourth-order valence-corrected chi connectivity index (χ4v) is 3.20. The SMILES string of the molecule is CN=C(NCc1ncc(C(C)(C)C)o1)NCc1ccccc1OCCN1CCOCC1.I. The molecule has 1 aliphatic rings. The van der Waals surface area contributed by atoms with Gasteiger partial charge in [0.05, 0.1) is 26.0 Å². The molecule has 0 atom stereocenters. The first kappa shape index (κ1) is 26.4. The minimum Gasteiger partial charge on any atom is -0.492 e. The van der Waals surface area contributed by atoms with E-state index in [1.165, 1.54) is 0 Å². The molecule has 0 aliphatic carbocycles. The molecule has 1 saturated heterocycles. The molecule has 1 aliphatic heterocycles. The Balaban J connectivity index is 0.00000363. The smallest absolute Gasteiger partial charge is 0.213 e. The molecule has 2 aromatic rings. The van der Waals surface area contributed by atoms with Crippen molar-refractivity contribution in [3.05, 3.63) is 47.7 Å². The van der Waals surface area contributed by atoms with Gasteiger partial charge in [-0.05, 0) is 6.07 Å². The van der Waals surface area contributed by atoms with Crippen LogP contribution in [0.3, 0.4) is 0 Å². The lowest BCUT2D eigenvalue weighted by atomic mass is 9.94. The van der Waals surface area contributed by atoms with E-state index >= 15 is 0 Å². The monoisotopic (exact) mass is 557 g/mol. The van der Waals surface area contributed by atoms with Gasteiger partial charge in [0, 0.05) is 44.2 Å². The number of nitrogens with one attached hydrogen (secondary N) is 2. The van der Waals surface area contributed by atoms with Crippen LogP contribution in [-0.2, 0) is 23.2 Å². The maximum atomic E-state index is 6.06. The van der Waals surface area contributed by atoms with Crippen LogP contribution in [0.5, 0.6) is 5.75 Å². The second-order valence-electron chi connectivity index (χ2n) is 8.56. The summed E-state index contributed by atoms with van der Waals surface area (Å²) in [4.78, 5) is 11.0. The van der Waals surface area contributed by atoms with Gasteiger partial charge >= 0.3 is 0 Å². The van der Waals surface area contributed by atoms with Crippen LogP contribution in [-0.4, -0.2) is 62.3 Å². The highest BCUT2D eigenvalue weighted by Crippen LogP contribution is 2.22. The molecule has 1 aromatic carbocycles. The van der Waals surface area contributed by atoms with E-state index in [9.17, 15) is 0 Å². The van der Waals surface area contributed by atoms with E-state index in [0.29, 0.717) is 31.5 Å². The molecular weight excluding hydrogens is 521 g/mol. The van der Waals surface area contributed by atoms with E-state index in [1.54, 1.807) is 13.2 Å². The second kappa shape index (κ2) is 13.0. The lowest BCUT2D eigenvalue weighted by Crippen LogP contribution is -2.38. The van der Waals surface area contributed by atoms with Crippen molar-refractivity contribution >= 4 is 29.9 Å². The van der Waals surface area contributed by atoms with Crippen molar-refractivity contribution in [2.75, 3.05) is 46.5 Å². The summed E-state index contributed by atoms with van der Waals surface area (Å²) in [6, 6.07) is 8.08. The van der Waals surface area contributed by atoms with E-state index in [-0.39, 0.29) is 29.4 Å². The quantitative estimate of drug-likeness (QED) is 0.293. The molecule has 1 aromatic heterocycles. The van der Waals surface area contributed by atoms with Gasteiger partial charge in [-0.15, -0.1) is 24.0 Å². The van der Waals surface area contributed by atoms with Gasteiger partial charge in [-0.2, -0.15) is 0 Å². The van der Waals surface area contributed by atoms with Gasteiger partial charge in [-0.25, -0.2) is 4.98 Å². The van der Waals surface area contributed by atoms with Gasteiger partial charge < -0.3 is 24.5 Å². The van der Waals surface area contributed by atoms with Crippen LogP contribution in [0.15, 0.2) is 39.9 Å². The average Bonchev–Trinajstić information content (AvgIpc) is 3.25. The van der Waals surface area contributed by atoms with Gasteiger partial charge in [-0.3, -0.25) is 9.89 Å². The molecule has 3 rings (SSSR count). The summed E-state index contributed by atoms with van der Waals surface area (Å²) in [6.07, 6.45) is 1.79. The third-order valence-electron chi connectivity index (χ3n) is 5.11. The van der Waals surface area contributed by atoms with Crippen LogP contribution in [0, 0.1) is 0 Å². The largest absolute Gasteiger partial charge is 0.492 e. The number of hydrogen-bond donors (Lipinski definition) is 2. The molecule has 0 amide bonds. The summed E-state index contributed by atoms with van der Waals surface area (Å²) >= 11 is 0. The highest BCUT2D eigenvalue weighted by atomic mass is 127. The van der Waals surface area contributed by atoms with Gasteiger partial charge in [0.15, 0.2) is 5.96 Å². The lowest BCUT2D eigenvalue weighted by molar-refractivity contribution is 0.0322. The molecule has 0 spiro atoms. The molecule has 178 valence electrons. The van der Waals surface area contributed by atoms with Crippen molar-refractivity contribution in [1.29, 1.82) is 0 Å². The summed E-state index contributed by atoms with van der Waals surface area (Å²) in [6.45, 7) is 12.5. The molecule has 9 heteroatoms. The van der Waals surface area contributed by atoms with Crippen molar-refractivity contribution < 1.29 is 13.9 Å². The van der Waals surface area contributed by atoms with Crippen LogP contribution >= 0.6 is 24.0 Å². The van der Waals surface area contributed by atoms with Crippen molar-refractivity contribution in [2.24, 2.45) is 4.99 Å². The first-order chi connectivity index (χ1) is 15.0. The highest BCUT2D eigenvalue weighted by molar-refractivity contribution is 14.0. The Morgan fingerprint density at radius 1 is 1.16 bits per heavy atom. The third kappa shape index (κ3) is 8.25. The lowest BCUT2D eigenvalue weighted by Gasteiger charge is -2.26. The Labute approximate surface area is 208 Å². The summed E-state index contributed by atoms with van der Waals surface area (Å²) in [5.74, 6) is 3.08. The first-order valence-electron chi connectivity index (χ1n) is 10.9. The average molecular weight is 557 g/mol.